The molecule has 1 aromatic heterocycles. The molecule has 0 aliphatic carbocycles. The van der Waals surface area contributed by atoms with E-state index in [2.05, 4.69) is 9.80 Å². The van der Waals surface area contributed by atoms with Gasteiger partial charge < -0.3 is 23.4 Å². The number of morpholine rings is 1. The Labute approximate surface area is 198 Å². The van der Waals surface area contributed by atoms with Crippen LogP contribution in [0.5, 0.6) is 17.2 Å². The van der Waals surface area contributed by atoms with Gasteiger partial charge in [-0.1, -0.05) is 6.07 Å². The zero-order chi connectivity index (χ0) is 23.7. The maximum Gasteiger partial charge on any atom is 0.200 e. The highest BCUT2D eigenvalue weighted by Gasteiger charge is 2.25. The van der Waals surface area contributed by atoms with Gasteiger partial charge in [0.2, 0.25) is 5.43 Å². The van der Waals surface area contributed by atoms with Gasteiger partial charge in [0.1, 0.15) is 23.8 Å². The highest BCUT2D eigenvalue weighted by Crippen LogP contribution is 2.36. The molecule has 0 unspecified atom stereocenters. The number of methoxy groups -OCH3 is 2. The van der Waals surface area contributed by atoms with Crippen LogP contribution < -0.4 is 19.6 Å². The monoisotopic (exact) mass is 466 g/mol. The molecule has 2 aliphatic rings. The Kier molecular flexibility index (Phi) is 6.45. The van der Waals surface area contributed by atoms with Crippen LogP contribution in [-0.2, 0) is 11.3 Å². The molecule has 2 aliphatic heterocycles. The lowest BCUT2D eigenvalue weighted by Crippen LogP contribution is -2.43. The molecule has 0 spiro atoms. The van der Waals surface area contributed by atoms with Gasteiger partial charge in [-0.2, -0.15) is 0 Å². The highest BCUT2D eigenvalue weighted by molar-refractivity contribution is 5.87. The van der Waals surface area contributed by atoms with E-state index in [4.69, 9.17) is 23.4 Å². The summed E-state index contributed by atoms with van der Waals surface area (Å²) in [5.41, 5.74) is 2.70. The zero-order valence-electron chi connectivity index (χ0n) is 19.9. The van der Waals surface area contributed by atoms with Crippen molar-refractivity contribution >= 4 is 11.0 Å². The summed E-state index contributed by atoms with van der Waals surface area (Å²) in [5, 5.41) is 0.549. The number of rotatable bonds is 6. The van der Waals surface area contributed by atoms with E-state index in [0.717, 1.165) is 56.3 Å². The van der Waals surface area contributed by atoms with Gasteiger partial charge >= 0.3 is 0 Å². The van der Waals surface area contributed by atoms with Crippen molar-refractivity contribution in [3.8, 4) is 28.4 Å². The first-order valence-electron chi connectivity index (χ1n) is 11.6. The molecule has 0 amide bonds. The Morgan fingerprint density at radius 2 is 1.74 bits per heavy atom. The molecule has 3 heterocycles. The number of nitrogens with zero attached hydrogens (tertiary/aromatic N) is 2. The van der Waals surface area contributed by atoms with E-state index in [1.807, 2.05) is 19.1 Å². The molecule has 0 saturated carbocycles. The van der Waals surface area contributed by atoms with Gasteiger partial charge in [-0.05, 0) is 36.8 Å². The van der Waals surface area contributed by atoms with E-state index in [1.165, 1.54) is 0 Å². The number of aryl methyl sites for hydroxylation is 1. The second-order valence-corrected chi connectivity index (χ2v) is 8.63. The third-order valence-corrected chi connectivity index (χ3v) is 6.59. The summed E-state index contributed by atoms with van der Waals surface area (Å²) >= 11 is 0. The third kappa shape index (κ3) is 4.24. The third-order valence-electron chi connectivity index (χ3n) is 6.59. The zero-order valence-corrected chi connectivity index (χ0v) is 19.9. The van der Waals surface area contributed by atoms with Gasteiger partial charge in [0, 0.05) is 32.7 Å². The molecule has 34 heavy (non-hydrogen) atoms. The summed E-state index contributed by atoms with van der Waals surface area (Å²) in [6, 6.07) is 9.12. The van der Waals surface area contributed by atoms with Crippen LogP contribution in [-0.4, -0.2) is 70.1 Å². The average molecular weight is 467 g/mol. The SMILES string of the molecule is COc1ccc(-c2c(C)oc3c4c(ccc3c2=O)OCN(CCN2CCOCC2)C4)cc1OC. The largest absolute Gasteiger partial charge is 0.493 e. The Bertz CT molecular complexity index is 1250. The van der Waals surface area contributed by atoms with Crippen LogP contribution in [0.3, 0.4) is 0 Å². The maximum absolute atomic E-state index is 13.6. The van der Waals surface area contributed by atoms with E-state index in [-0.39, 0.29) is 5.43 Å². The number of benzene rings is 2. The van der Waals surface area contributed by atoms with Gasteiger partial charge in [0.05, 0.1) is 43.9 Å². The van der Waals surface area contributed by atoms with E-state index in [0.29, 0.717) is 47.1 Å². The number of hydrogen-bond acceptors (Lipinski definition) is 8. The maximum atomic E-state index is 13.6. The molecule has 1 saturated heterocycles. The topological polar surface area (TPSA) is 73.6 Å². The van der Waals surface area contributed by atoms with Crippen molar-refractivity contribution in [2.75, 3.05) is 60.3 Å². The predicted molar refractivity (Wildman–Crippen MR) is 129 cm³/mol. The molecule has 0 N–H and O–H groups in total. The van der Waals surface area contributed by atoms with E-state index < -0.39 is 0 Å². The quantitative estimate of drug-likeness (QED) is 0.548. The van der Waals surface area contributed by atoms with Crippen LogP contribution >= 0.6 is 0 Å². The van der Waals surface area contributed by atoms with E-state index in [1.54, 1.807) is 32.4 Å². The second kappa shape index (κ2) is 9.66. The Morgan fingerprint density at radius 3 is 2.50 bits per heavy atom. The number of ether oxygens (including phenoxy) is 4. The Morgan fingerprint density at radius 1 is 0.971 bits per heavy atom. The van der Waals surface area contributed by atoms with Crippen molar-refractivity contribution in [3.63, 3.8) is 0 Å². The lowest BCUT2D eigenvalue weighted by atomic mass is 10.00. The lowest BCUT2D eigenvalue weighted by Gasteiger charge is -2.32. The molecule has 0 radical (unpaired) electrons. The van der Waals surface area contributed by atoms with Crippen molar-refractivity contribution in [3.05, 3.63) is 51.9 Å². The molecule has 0 bridgehead atoms. The number of hydrogen-bond donors (Lipinski definition) is 0. The first-order chi connectivity index (χ1) is 16.6. The van der Waals surface area contributed by atoms with Gasteiger partial charge in [0.15, 0.2) is 11.5 Å². The van der Waals surface area contributed by atoms with Crippen LogP contribution in [0.1, 0.15) is 11.3 Å². The minimum Gasteiger partial charge on any atom is -0.493 e. The van der Waals surface area contributed by atoms with E-state index in [9.17, 15) is 4.79 Å². The van der Waals surface area contributed by atoms with Crippen molar-refractivity contribution in [1.29, 1.82) is 0 Å². The molecule has 5 rings (SSSR count). The van der Waals surface area contributed by atoms with Crippen LogP contribution in [0.25, 0.3) is 22.1 Å². The highest BCUT2D eigenvalue weighted by atomic mass is 16.5. The fraction of sp³-hybridized carbons (Fsp3) is 0.423. The summed E-state index contributed by atoms with van der Waals surface area (Å²) in [6.07, 6.45) is 0. The predicted octanol–water partition coefficient (Wildman–Crippen LogP) is 3.27. The van der Waals surface area contributed by atoms with Gasteiger partial charge in [-0.25, -0.2) is 0 Å². The molecule has 2 aromatic carbocycles. The molecule has 3 aromatic rings. The van der Waals surface area contributed by atoms with Crippen molar-refractivity contribution in [2.45, 2.75) is 13.5 Å². The second-order valence-electron chi connectivity index (χ2n) is 8.63. The molecule has 0 atom stereocenters. The Balaban J connectivity index is 1.47. The molecular formula is C26H30N2O6. The first kappa shape index (κ1) is 22.7. The van der Waals surface area contributed by atoms with Crippen LogP contribution in [0.4, 0.5) is 0 Å². The van der Waals surface area contributed by atoms with E-state index >= 15 is 0 Å². The van der Waals surface area contributed by atoms with Gasteiger partial charge in [0.25, 0.3) is 0 Å². The summed E-state index contributed by atoms with van der Waals surface area (Å²) < 4.78 is 28.5. The van der Waals surface area contributed by atoms with Crippen molar-refractivity contribution in [2.24, 2.45) is 0 Å². The number of fused-ring (bicyclic) bond motifs is 3. The summed E-state index contributed by atoms with van der Waals surface area (Å²) in [6.45, 7) is 8.36. The minimum atomic E-state index is -0.0702. The van der Waals surface area contributed by atoms with Crippen molar-refractivity contribution in [1.82, 2.24) is 9.80 Å². The molecular weight excluding hydrogens is 436 g/mol. The smallest absolute Gasteiger partial charge is 0.200 e. The first-order valence-corrected chi connectivity index (χ1v) is 11.6. The minimum absolute atomic E-state index is 0.0702. The normalized spacial score (nSPS) is 16.8. The molecule has 180 valence electrons. The summed E-state index contributed by atoms with van der Waals surface area (Å²) in [4.78, 5) is 18.2. The summed E-state index contributed by atoms with van der Waals surface area (Å²) in [5.74, 6) is 2.51. The van der Waals surface area contributed by atoms with Crippen LogP contribution in [0.15, 0.2) is 39.5 Å². The van der Waals surface area contributed by atoms with Gasteiger partial charge in [-0.3, -0.25) is 14.6 Å². The molecule has 8 heteroatoms. The standard InChI is InChI=1S/C26H30N2O6/c1-17-24(18-4-6-22(30-2)23(14-18)31-3)25(29)19-5-7-21-20(26(19)34-17)15-28(16-33-21)9-8-27-10-12-32-13-11-27/h4-7,14H,8-13,15-16H2,1-3H3. The fourth-order valence-electron chi connectivity index (χ4n) is 4.70. The Hall–Kier alpha value is -3.07. The van der Waals surface area contributed by atoms with Crippen LogP contribution in [0.2, 0.25) is 0 Å². The fourth-order valence-corrected chi connectivity index (χ4v) is 4.70. The molecule has 1 fully saturated rings. The lowest BCUT2D eigenvalue weighted by molar-refractivity contribution is 0.0241. The van der Waals surface area contributed by atoms with Gasteiger partial charge in [-0.15, -0.1) is 0 Å². The average Bonchev–Trinajstić information content (AvgIpc) is 2.87. The van der Waals surface area contributed by atoms with Crippen molar-refractivity contribution < 1.29 is 23.4 Å². The summed E-state index contributed by atoms with van der Waals surface area (Å²) in [7, 11) is 3.16. The van der Waals surface area contributed by atoms with Crippen LogP contribution in [0, 0.1) is 6.92 Å². The molecule has 8 nitrogen and oxygen atoms in total.